The van der Waals surface area contributed by atoms with Crippen molar-refractivity contribution in [1.29, 1.82) is 0 Å². The Kier molecular flexibility index (Phi) is 7.40. The average Bonchev–Trinajstić information content (AvgIpc) is 2.33. The number of hydrogen-bond donors (Lipinski definition) is 1. The van der Waals surface area contributed by atoms with Crippen LogP contribution < -0.4 is 0 Å². The van der Waals surface area contributed by atoms with Crippen LogP contribution in [0.1, 0.15) is 33.1 Å². The van der Waals surface area contributed by atoms with Crippen molar-refractivity contribution in [3.8, 4) is 0 Å². The first kappa shape index (κ1) is 20.8. The van der Waals surface area contributed by atoms with Gasteiger partial charge in [-0.2, -0.15) is 26.3 Å². The number of alkyl halides is 6. The van der Waals surface area contributed by atoms with Crippen LogP contribution in [0.5, 0.6) is 0 Å². The monoisotopic (exact) mass is 336 g/mol. The summed E-state index contributed by atoms with van der Waals surface area (Å²) in [5.41, 5.74) is 0. The molecule has 1 atom stereocenters. The molecule has 0 radical (unpaired) electrons. The summed E-state index contributed by atoms with van der Waals surface area (Å²) in [7, 11) is 0. The average molecular weight is 336 g/mol. The van der Waals surface area contributed by atoms with Crippen molar-refractivity contribution in [3.63, 3.8) is 0 Å². The van der Waals surface area contributed by atoms with Gasteiger partial charge in [0.25, 0.3) is 0 Å². The minimum atomic E-state index is -5.62. The Hall–Kier alpha value is -1.25. The predicted molar refractivity (Wildman–Crippen MR) is 66.1 cm³/mol. The lowest BCUT2D eigenvalue weighted by Crippen LogP contribution is -2.55. The van der Waals surface area contributed by atoms with Crippen LogP contribution in [-0.2, 0) is 9.53 Å². The minimum absolute atomic E-state index is 0.600. The lowest BCUT2D eigenvalue weighted by molar-refractivity contribution is -0.316. The van der Waals surface area contributed by atoms with Gasteiger partial charge in [-0.25, -0.2) is 4.79 Å². The van der Waals surface area contributed by atoms with E-state index in [0.29, 0.717) is 0 Å². The van der Waals surface area contributed by atoms with Crippen molar-refractivity contribution in [3.05, 3.63) is 12.2 Å². The quantitative estimate of drug-likeness (QED) is 0.303. The van der Waals surface area contributed by atoms with Crippen LogP contribution in [0.4, 0.5) is 26.3 Å². The Morgan fingerprint density at radius 2 is 1.73 bits per heavy atom. The normalized spacial score (nSPS) is 15.1. The molecular weight excluding hydrogens is 318 g/mol. The molecule has 0 aliphatic heterocycles. The first-order valence-electron chi connectivity index (χ1n) is 6.48. The van der Waals surface area contributed by atoms with Gasteiger partial charge in [0.1, 0.15) is 0 Å². The number of carbonyl (C=O) groups excluding carboxylic acids is 1. The number of hydrogen-bond acceptors (Lipinski definition) is 3. The number of aliphatic hydroxyl groups is 1. The van der Waals surface area contributed by atoms with E-state index in [2.05, 4.69) is 4.74 Å². The maximum atomic E-state index is 13.4. The standard InChI is InChI=1S/C13H18F6O3/c1-3-5-10(21)22-7-4-6-11(14,15)13(18,19)12(16,17)8-9(2)20/h3,5,9,20H,4,6-8H2,1-2H3. The van der Waals surface area contributed by atoms with E-state index >= 15 is 0 Å². The van der Waals surface area contributed by atoms with E-state index in [-0.39, 0.29) is 0 Å². The predicted octanol–water partition coefficient (Wildman–Crippen LogP) is 3.56. The van der Waals surface area contributed by atoms with Gasteiger partial charge in [-0.05, 0) is 20.3 Å². The molecule has 130 valence electrons. The summed E-state index contributed by atoms with van der Waals surface area (Å²) in [6.45, 7) is 1.69. The summed E-state index contributed by atoms with van der Waals surface area (Å²) < 4.78 is 84.2. The number of aliphatic hydroxyl groups excluding tert-OH is 1. The lowest BCUT2D eigenvalue weighted by Gasteiger charge is -2.33. The molecule has 1 unspecified atom stereocenters. The summed E-state index contributed by atoms with van der Waals surface area (Å²) in [5, 5.41) is 8.72. The van der Waals surface area contributed by atoms with Crippen LogP contribution in [0.15, 0.2) is 12.2 Å². The summed E-state index contributed by atoms with van der Waals surface area (Å²) in [4.78, 5) is 10.9. The molecule has 0 saturated heterocycles. The highest BCUT2D eigenvalue weighted by Gasteiger charge is 2.70. The Bertz CT molecular complexity index is 393. The largest absolute Gasteiger partial charge is 0.463 e. The fourth-order valence-corrected chi connectivity index (χ4v) is 1.57. The Morgan fingerprint density at radius 1 is 1.18 bits per heavy atom. The van der Waals surface area contributed by atoms with Gasteiger partial charge >= 0.3 is 23.7 Å². The first-order chi connectivity index (χ1) is 9.87. The number of carbonyl (C=O) groups is 1. The SMILES string of the molecule is CC=CC(=O)OCCCC(F)(F)C(F)(F)C(F)(F)CC(C)O. The van der Waals surface area contributed by atoms with Crippen molar-refractivity contribution < 1.29 is 41.0 Å². The Morgan fingerprint density at radius 3 is 2.18 bits per heavy atom. The zero-order chi connectivity index (χ0) is 17.6. The number of ether oxygens (including phenoxy) is 1. The molecule has 9 heteroatoms. The highest BCUT2D eigenvalue weighted by atomic mass is 19.3. The molecule has 22 heavy (non-hydrogen) atoms. The number of esters is 1. The third-order valence-corrected chi connectivity index (χ3v) is 2.65. The van der Waals surface area contributed by atoms with Gasteiger partial charge in [0.15, 0.2) is 0 Å². The van der Waals surface area contributed by atoms with Crippen molar-refractivity contribution >= 4 is 5.97 Å². The van der Waals surface area contributed by atoms with E-state index in [4.69, 9.17) is 5.11 Å². The summed E-state index contributed by atoms with van der Waals surface area (Å²) in [5.74, 6) is -16.5. The molecule has 0 fully saturated rings. The van der Waals surface area contributed by atoms with Crippen molar-refractivity contribution in [1.82, 2.24) is 0 Å². The summed E-state index contributed by atoms with van der Waals surface area (Å²) in [6, 6.07) is 0. The molecule has 0 saturated carbocycles. The third kappa shape index (κ3) is 5.51. The van der Waals surface area contributed by atoms with Gasteiger partial charge in [0.05, 0.1) is 12.7 Å². The minimum Gasteiger partial charge on any atom is -0.463 e. The van der Waals surface area contributed by atoms with E-state index in [1.165, 1.54) is 13.0 Å². The maximum absolute atomic E-state index is 13.4. The van der Waals surface area contributed by atoms with Gasteiger partial charge in [-0.15, -0.1) is 0 Å². The molecule has 0 aromatic rings. The molecular formula is C13H18F6O3. The highest BCUT2D eigenvalue weighted by molar-refractivity contribution is 5.81. The van der Waals surface area contributed by atoms with E-state index in [0.717, 1.165) is 13.0 Å². The molecule has 3 nitrogen and oxygen atoms in total. The zero-order valence-electron chi connectivity index (χ0n) is 12.1. The Labute approximate surface area is 123 Å². The van der Waals surface area contributed by atoms with Gasteiger partial charge in [0.2, 0.25) is 0 Å². The van der Waals surface area contributed by atoms with E-state index in [1.54, 1.807) is 0 Å². The van der Waals surface area contributed by atoms with E-state index in [9.17, 15) is 31.1 Å². The maximum Gasteiger partial charge on any atom is 0.371 e. The molecule has 0 rings (SSSR count). The van der Waals surface area contributed by atoms with Crippen LogP contribution in [-0.4, -0.2) is 41.6 Å². The van der Waals surface area contributed by atoms with Crippen molar-refractivity contribution in [2.45, 2.75) is 57.0 Å². The molecule has 0 spiro atoms. The van der Waals surface area contributed by atoms with Crippen molar-refractivity contribution in [2.75, 3.05) is 6.61 Å². The fourth-order valence-electron chi connectivity index (χ4n) is 1.57. The van der Waals surface area contributed by atoms with Gasteiger partial charge in [0, 0.05) is 18.9 Å². The number of halogens is 6. The molecule has 0 heterocycles. The molecule has 1 N–H and O–H groups in total. The first-order valence-corrected chi connectivity index (χ1v) is 6.48. The van der Waals surface area contributed by atoms with Gasteiger partial charge in [-0.3, -0.25) is 0 Å². The summed E-state index contributed by atoms with van der Waals surface area (Å²) >= 11 is 0. The molecule has 0 aliphatic carbocycles. The molecule has 0 amide bonds. The van der Waals surface area contributed by atoms with Crippen LogP contribution >= 0.6 is 0 Å². The van der Waals surface area contributed by atoms with Crippen LogP contribution in [0.3, 0.4) is 0 Å². The topological polar surface area (TPSA) is 46.5 Å². The van der Waals surface area contributed by atoms with E-state index in [1.807, 2.05) is 0 Å². The molecule has 0 bridgehead atoms. The second-order valence-corrected chi connectivity index (χ2v) is 4.81. The van der Waals surface area contributed by atoms with Crippen LogP contribution in [0.2, 0.25) is 0 Å². The molecule has 0 aliphatic rings. The Balaban J connectivity index is 4.67. The smallest absolute Gasteiger partial charge is 0.371 e. The third-order valence-electron chi connectivity index (χ3n) is 2.65. The van der Waals surface area contributed by atoms with Gasteiger partial charge < -0.3 is 9.84 Å². The van der Waals surface area contributed by atoms with Crippen LogP contribution in [0.25, 0.3) is 0 Å². The fraction of sp³-hybridized carbons (Fsp3) is 0.769. The summed E-state index contributed by atoms with van der Waals surface area (Å²) in [6.07, 6.45) is -3.63. The number of rotatable bonds is 9. The van der Waals surface area contributed by atoms with E-state index < -0.39 is 55.7 Å². The van der Waals surface area contributed by atoms with Crippen LogP contribution in [0, 0.1) is 0 Å². The highest BCUT2D eigenvalue weighted by Crippen LogP contribution is 2.49. The van der Waals surface area contributed by atoms with Gasteiger partial charge in [-0.1, -0.05) is 6.08 Å². The molecule has 0 aromatic carbocycles. The second kappa shape index (κ2) is 7.85. The zero-order valence-corrected chi connectivity index (χ0v) is 12.1. The molecule has 0 aromatic heterocycles. The number of allylic oxidation sites excluding steroid dienone is 1. The second-order valence-electron chi connectivity index (χ2n) is 4.81. The lowest BCUT2D eigenvalue weighted by atomic mass is 9.96. The van der Waals surface area contributed by atoms with Crippen molar-refractivity contribution in [2.24, 2.45) is 0 Å².